The van der Waals surface area contributed by atoms with E-state index in [9.17, 15) is 4.79 Å². The van der Waals surface area contributed by atoms with Crippen LogP contribution in [0.5, 0.6) is 0 Å². The van der Waals surface area contributed by atoms with Crippen molar-refractivity contribution in [2.24, 2.45) is 0 Å². The number of likely N-dealkylation sites (tertiary alicyclic amines) is 1. The van der Waals surface area contributed by atoms with Gasteiger partial charge in [0, 0.05) is 33.0 Å². The van der Waals surface area contributed by atoms with Crippen LogP contribution in [0.25, 0.3) is 0 Å². The van der Waals surface area contributed by atoms with Gasteiger partial charge >= 0.3 is 6.09 Å². The normalized spacial score (nSPS) is 18.0. The third-order valence-electron chi connectivity index (χ3n) is 4.63. The standard InChI is InChI=1S/C19H36BN3O3Si/c1-19(2,3)26-18(24)23-10-8-9-15(23)17-21-16(20-4)13-22(17)14-25-11-12-27(5,6)7/h13,15,20H,8-12,14H2,1-7H3/t15-/m0/s1. The van der Waals surface area contributed by atoms with E-state index in [4.69, 9.17) is 14.5 Å². The minimum atomic E-state index is -1.10. The van der Waals surface area contributed by atoms with Crippen molar-refractivity contribution in [1.29, 1.82) is 0 Å². The molecule has 1 amide bonds. The smallest absolute Gasteiger partial charge is 0.410 e. The number of carbonyl (C=O) groups excluding carboxylic acids is 1. The molecule has 1 aromatic heterocycles. The Bertz CT molecular complexity index is 637. The van der Waals surface area contributed by atoms with E-state index in [1.54, 1.807) is 0 Å². The van der Waals surface area contributed by atoms with Gasteiger partial charge in [0.25, 0.3) is 0 Å². The third-order valence-corrected chi connectivity index (χ3v) is 6.33. The van der Waals surface area contributed by atoms with Gasteiger partial charge in [-0.15, -0.1) is 0 Å². The highest BCUT2D eigenvalue weighted by Crippen LogP contribution is 2.32. The van der Waals surface area contributed by atoms with Gasteiger partial charge in [0.2, 0.25) is 0 Å². The Morgan fingerprint density at radius 2 is 2.07 bits per heavy atom. The summed E-state index contributed by atoms with van der Waals surface area (Å²) in [6, 6.07) is 1.10. The van der Waals surface area contributed by atoms with E-state index in [1.807, 2.05) is 25.7 Å². The van der Waals surface area contributed by atoms with E-state index < -0.39 is 13.7 Å². The number of hydrogen-bond acceptors (Lipinski definition) is 4. The molecule has 2 heterocycles. The minimum absolute atomic E-state index is 0.0410. The summed E-state index contributed by atoms with van der Waals surface area (Å²) in [6.07, 6.45) is 3.69. The molecule has 27 heavy (non-hydrogen) atoms. The van der Waals surface area contributed by atoms with Crippen molar-refractivity contribution in [2.45, 2.75) is 84.5 Å². The van der Waals surface area contributed by atoms with E-state index in [-0.39, 0.29) is 12.1 Å². The molecule has 0 bridgehead atoms. The summed E-state index contributed by atoms with van der Waals surface area (Å²) < 4.78 is 13.6. The summed E-state index contributed by atoms with van der Waals surface area (Å²) in [5.74, 6) is 0.920. The second-order valence-corrected chi connectivity index (χ2v) is 15.2. The average molecular weight is 393 g/mol. The minimum Gasteiger partial charge on any atom is -0.444 e. The topological polar surface area (TPSA) is 56.6 Å². The van der Waals surface area contributed by atoms with E-state index in [0.29, 0.717) is 13.3 Å². The van der Waals surface area contributed by atoms with Gasteiger partial charge in [-0.1, -0.05) is 26.5 Å². The van der Waals surface area contributed by atoms with Crippen LogP contribution in [0.1, 0.15) is 45.5 Å². The lowest BCUT2D eigenvalue weighted by atomic mass is 9.79. The first kappa shape index (κ1) is 22.0. The Balaban J connectivity index is 2.11. The monoisotopic (exact) mass is 393 g/mol. The number of ether oxygens (including phenoxy) is 2. The Hall–Kier alpha value is -1.28. The zero-order valence-corrected chi connectivity index (χ0v) is 19.2. The number of aromatic nitrogens is 2. The van der Waals surface area contributed by atoms with E-state index in [2.05, 4.69) is 37.2 Å². The summed E-state index contributed by atoms with van der Waals surface area (Å²) in [5.41, 5.74) is 0.545. The molecule has 1 saturated heterocycles. The molecule has 2 rings (SSSR count). The molecular weight excluding hydrogens is 357 g/mol. The van der Waals surface area contributed by atoms with Crippen LogP contribution in [0.3, 0.4) is 0 Å². The zero-order chi connectivity index (χ0) is 20.2. The van der Waals surface area contributed by atoms with Gasteiger partial charge in [0.15, 0.2) is 7.28 Å². The zero-order valence-electron chi connectivity index (χ0n) is 18.2. The molecule has 1 aromatic rings. The maximum absolute atomic E-state index is 12.6. The number of amides is 1. The average Bonchev–Trinajstić information content (AvgIpc) is 3.15. The van der Waals surface area contributed by atoms with Crippen LogP contribution in [0.4, 0.5) is 4.79 Å². The fraction of sp³-hybridized carbons (Fsp3) is 0.789. The molecule has 0 aliphatic carbocycles. The molecule has 0 unspecified atom stereocenters. The molecule has 0 aromatic carbocycles. The molecule has 0 radical (unpaired) electrons. The summed E-state index contributed by atoms with van der Waals surface area (Å²) in [6.45, 7) is 16.8. The lowest BCUT2D eigenvalue weighted by molar-refractivity contribution is 0.0204. The van der Waals surface area contributed by atoms with Crippen molar-refractivity contribution < 1.29 is 14.3 Å². The van der Waals surface area contributed by atoms with Crippen molar-refractivity contribution in [3.63, 3.8) is 0 Å². The van der Waals surface area contributed by atoms with Crippen molar-refractivity contribution in [3.8, 4) is 0 Å². The lowest BCUT2D eigenvalue weighted by Crippen LogP contribution is -2.37. The summed E-state index contributed by atoms with van der Waals surface area (Å²) in [7, 11) is -0.235. The first-order chi connectivity index (χ1) is 12.5. The second-order valence-electron chi connectivity index (χ2n) is 9.59. The Kier molecular flexibility index (Phi) is 7.19. The summed E-state index contributed by atoms with van der Waals surface area (Å²) in [4.78, 5) is 19.3. The fourth-order valence-corrected chi connectivity index (χ4v) is 3.90. The molecule has 8 heteroatoms. The highest BCUT2D eigenvalue weighted by atomic mass is 28.3. The lowest BCUT2D eigenvalue weighted by Gasteiger charge is -2.28. The van der Waals surface area contributed by atoms with Gasteiger partial charge in [0.1, 0.15) is 18.2 Å². The number of hydrogen-bond donors (Lipinski definition) is 0. The first-order valence-electron chi connectivity index (χ1n) is 10.1. The van der Waals surface area contributed by atoms with Gasteiger partial charge in [-0.25, -0.2) is 9.78 Å². The molecule has 152 valence electrons. The molecule has 6 nitrogen and oxygen atoms in total. The number of nitrogens with zero attached hydrogens (tertiary/aromatic N) is 3. The van der Waals surface area contributed by atoms with Crippen LogP contribution in [-0.4, -0.2) is 54.7 Å². The third kappa shape index (κ3) is 6.68. The van der Waals surface area contributed by atoms with Gasteiger partial charge in [-0.05, 0) is 39.7 Å². The molecule has 1 fully saturated rings. The highest BCUT2D eigenvalue weighted by Gasteiger charge is 2.35. The first-order valence-corrected chi connectivity index (χ1v) is 13.8. The summed E-state index contributed by atoms with van der Waals surface area (Å²) in [5, 5.41) is 0. The van der Waals surface area contributed by atoms with Crippen molar-refractivity contribution >= 4 is 27.0 Å². The van der Waals surface area contributed by atoms with Crippen molar-refractivity contribution in [3.05, 3.63) is 12.0 Å². The van der Waals surface area contributed by atoms with Gasteiger partial charge in [0.05, 0.1) is 6.04 Å². The molecule has 0 N–H and O–H groups in total. The van der Waals surface area contributed by atoms with Crippen LogP contribution in [-0.2, 0) is 16.2 Å². The number of imidazole rings is 1. The predicted octanol–water partition coefficient (Wildman–Crippen LogP) is 3.38. The van der Waals surface area contributed by atoms with Crippen LogP contribution in [0, 0.1) is 0 Å². The van der Waals surface area contributed by atoms with Crippen LogP contribution in [0.15, 0.2) is 6.20 Å². The van der Waals surface area contributed by atoms with Gasteiger partial charge < -0.3 is 14.0 Å². The van der Waals surface area contributed by atoms with Crippen LogP contribution in [0.2, 0.25) is 32.5 Å². The van der Waals surface area contributed by atoms with Crippen molar-refractivity contribution in [1.82, 2.24) is 14.5 Å². The van der Waals surface area contributed by atoms with Gasteiger partial charge in [-0.2, -0.15) is 0 Å². The van der Waals surface area contributed by atoms with E-state index in [0.717, 1.165) is 44.2 Å². The molecule has 0 spiro atoms. The Morgan fingerprint density at radius 3 is 2.67 bits per heavy atom. The Labute approximate surface area is 165 Å². The summed E-state index contributed by atoms with van der Waals surface area (Å²) >= 11 is 0. The molecule has 1 aliphatic rings. The maximum Gasteiger partial charge on any atom is 0.410 e. The molecule has 0 saturated carbocycles. The molecular formula is C19H36BN3O3Si. The predicted molar refractivity (Wildman–Crippen MR) is 114 cm³/mol. The fourth-order valence-electron chi connectivity index (χ4n) is 3.14. The van der Waals surface area contributed by atoms with E-state index >= 15 is 0 Å². The SMILES string of the molecule is CBc1cn(COCC[Si](C)(C)C)c([C@@H]2CCCN2C(=O)OC(C)(C)C)n1. The number of carbonyl (C=O) groups is 1. The maximum atomic E-state index is 12.6. The second kappa shape index (κ2) is 8.82. The number of rotatable bonds is 7. The highest BCUT2D eigenvalue weighted by molar-refractivity contribution is 6.76. The quantitative estimate of drug-likeness (QED) is 0.527. The van der Waals surface area contributed by atoms with Crippen LogP contribution < -0.4 is 5.59 Å². The van der Waals surface area contributed by atoms with Crippen molar-refractivity contribution in [2.75, 3.05) is 13.2 Å². The van der Waals surface area contributed by atoms with Crippen LogP contribution >= 0.6 is 0 Å². The molecule has 1 aliphatic heterocycles. The molecule has 1 atom stereocenters. The van der Waals surface area contributed by atoms with Gasteiger partial charge in [-0.3, -0.25) is 4.90 Å². The van der Waals surface area contributed by atoms with E-state index in [1.165, 1.54) is 0 Å². The Morgan fingerprint density at radius 1 is 1.37 bits per heavy atom. The largest absolute Gasteiger partial charge is 0.444 e.